The average molecular weight is 258 g/mol. The molecule has 100 valence electrons. The highest BCUT2D eigenvalue weighted by molar-refractivity contribution is 5.43. The zero-order chi connectivity index (χ0) is 13.5. The van der Waals surface area contributed by atoms with E-state index in [0.29, 0.717) is 13.2 Å². The van der Waals surface area contributed by atoms with E-state index in [4.69, 9.17) is 15.2 Å². The van der Waals surface area contributed by atoms with Crippen LogP contribution in [0.15, 0.2) is 48.5 Å². The number of hydrogen-bond donors (Lipinski definition) is 1. The molecule has 0 aliphatic rings. The van der Waals surface area contributed by atoms with Crippen molar-refractivity contribution in [1.82, 2.24) is 0 Å². The monoisotopic (exact) mass is 258 g/mol. The van der Waals surface area contributed by atoms with Gasteiger partial charge < -0.3 is 15.2 Å². The number of ether oxygens (including phenoxy) is 2. The molecule has 3 heteroatoms. The van der Waals surface area contributed by atoms with E-state index in [9.17, 15) is 0 Å². The molecule has 0 atom stereocenters. The van der Waals surface area contributed by atoms with E-state index in [1.165, 1.54) is 0 Å². The second-order valence-corrected chi connectivity index (χ2v) is 4.30. The lowest BCUT2D eigenvalue weighted by Gasteiger charge is -2.12. The molecule has 0 spiro atoms. The summed E-state index contributed by atoms with van der Waals surface area (Å²) in [5.74, 6) is 1.51. The third kappa shape index (κ3) is 3.73. The third-order valence-corrected chi connectivity index (χ3v) is 2.90. The van der Waals surface area contributed by atoms with E-state index in [2.05, 4.69) is 0 Å². The number of hydrogen-bond acceptors (Lipinski definition) is 3. The van der Waals surface area contributed by atoms with Gasteiger partial charge in [0.2, 0.25) is 0 Å². The van der Waals surface area contributed by atoms with Crippen molar-refractivity contribution in [3.63, 3.8) is 0 Å². The summed E-state index contributed by atoms with van der Waals surface area (Å²) in [6.45, 7) is 1.17. The van der Waals surface area contributed by atoms with Crippen molar-refractivity contribution in [2.24, 2.45) is 5.73 Å². The number of methoxy groups -OCH3 is 1. The molecule has 19 heavy (non-hydrogen) atoms. The molecule has 0 fully saturated rings. The van der Waals surface area contributed by atoms with Crippen molar-refractivity contribution in [3.8, 4) is 11.5 Å². The molecule has 0 unspecified atom stereocenters. The Morgan fingerprint density at radius 2 is 1.74 bits per heavy atom. The van der Waals surface area contributed by atoms with Crippen molar-refractivity contribution >= 4 is 0 Å². The Bertz CT molecular complexity index is 511. The quantitative estimate of drug-likeness (QED) is 0.810. The second kappa shape index (κ2) is 6.81. The summed E-state index contributed by atoms with van der Waals surface area (Å²) in [5, 5.41) is 0. The maximum absolute atomic E-state index is 5.79. The minimum Gasteiger partial charge on any atom is -0.493 e. The molecule has 2 aromatic carbocycles. The normalized spacial score (nSPS) is 10.2. The van der Waals surface area contributed by atoms with Crippen LogP contribution in [0.1, 0.15) is 11.1 Å². The summed E-state index contributed by atoms with van der Waals surface area (Å²) >= 11 is 0. The molecule has 0 aliphatic carbocycles. The first-order valence-corrected chi connectivity index (χ1v) is 6.37. The zero-order valence-corrected chi connectivity index (χ0v) is 11.1. The summed E-state index contributed by atoms with van der Waals surface area (Å²) in [7, 11) is 1.65. The lowest BCUT2D eigenvalue weighted by atomic mass is 10.1. The Hall–Kier alpha value is -2.00. The van der Waals surface area contributed by atoms with Crippen molar-refractivity contribution in [2.45, 2.75) is 13.0 Å². The third-order valence-electron chi connectivity index (χ3n) is 2.90. The van der Waals surface area contributed by atoms with Gasteiger partial charge in [-0.2, -0.15) is 0 Å². The Morgan fingerprint density at radius 3 is 2.42 bits per heavy atom. The molecule has 0 radical (unpaired) electrons. The van der Waals surface area contributed by atoms with Gasteiger partial charge in [0, 0.05) is 0 Å². The predicted molar refractivity (Wildman–Crippen MR) is 76.5 cm³/mol. The van der Waals surface area contributed by atoms with Crippen molar-refractivity contribution in [1.29, 1.82) is 0 Å². The smallest absolute Gasteiger partial charge is 0.161 e. The van der Waals surface area contributed by atoms with E-state index < -0.39 is 0 Å². The largest absolute Gasteiger partial charge is 0.493 e. The predicted octanol–water partition coefficient (Wildman–Crippen LogP) is 2.78. The lowest BCUT2D eigenvalue weighted by molar-refractivity contribution is 0.284. The minimum atomic E-state index is 0.535. The van der Waals surface area contributed by atoms with Crippen LogP contribution in [0.4, 0.5) is 0 Å². The van der Waals surface area contributed by atoms with Crippen LogP contribution in [0, 0.1) is 0 Å². The van der Waals surface area contributed by atoms with Gasteiger partial charge in [0.15, 0.2) is 11.5 Å². The van der Waals surface area contributed by atoms with E-state index in [1.807, 2.05) is 48.5 Å². The van der Waals surface area contributed by atoms with Gasteiger partial charge in [0.05, 0.1) is 7.11 Å². The fraction of sp³-hybridized carbons (Fsp3) is 0.250. The Labute approximate surface area is 114 Å². The van der Waals surface area contributed by atoms with Gasteiger partial charge in [-0.15, -0.1) is 0 Å². The van der Waals surface area contributed by atoms with Crippen LogP contribution in [0.25, 0.3) is 0 Å². The van der Waals surface area contributed by atoms with Crippen molar-refractivity contribution in [2.75, 3.05) is 13.7 Å². The molecule has 0 bridgehead atoms. The van der Waals surface area contributed by atoms with Crippen LogP contribution in [0.2, 0.25) is 0 Å². The molecular formula is C16H19NO2. The molecule has 2 aromatic rings. The van der Waals surface area contributed by atoms with E-state index >= 15 is 0 Å². The van der Waals surface area contributed by atoms with Crippen LogP contribution in [0.3, 0.4) is 0 Å². The highest BCUT2D eigenvalue weighted by Crippen LogP contribution is 2.28. The minimum absolute atomic E-state index is 0.535. The van der Waals surface area contributed by atoms with Crippen LogP contribution in [-0.2, 0) is 13.0 Å². The molecule has 3 nitrogen and oxygen atoms in total. The van der Waals surface area contributed by atoms with E-state index in [0.717, 1.165) is 29.0 Å². The summed E-state index contributed by atoms with van der Waals surface area (Å²) in [6, 6.07) is 16.0. The first kappa shape index (κ1) is 13.4. The summed E-state index contributed by atoms with van der Waals surface area (Å²) in [6.07, 6.45) is 0.843. The molecule has 0 saturated heterocycles. The topological polar surface area (TPSA) is 44.5 Å². The molecule has 0 heterocycles. The SMILES string of the molecule is COc1cc(CC[15NH2])ccc1OCc1ccccc1. The van der Waals surface area contributed by atoms with Crippen LogP contribution in [0.5, 0.6) is 11.5 Å². The lowest BCUT2D eigenvalue weighted by Crippen LogP contribution is -2.03. The first-order chi connectivity index (χ1) is 9.33. The molecule has 0 amide bonds. The van der Waals surface area contributed by atoms with Crippen LogP contribution < -0.4 is 15.2 Å². The molecule has 0 saturated carbocycles. The molecule has 2 rings (SSSR count). The van der Waals surface area contributed by atoms with E-state index in [-0.39, 0.29) is 0 Å². The fourth-order valence-corrected chi connectivity index (χ4v) is 1.89. The van der Waals surface area contributed by atoms with Crippen LogP contribution in [-0.4, -0.2) is 13.7 Å². The fourth-order valence-electron chi connectivity index (χ4n) is 1.89. The standard InChI is InChI=1S/C16H19NO2/c1-18-16-11-13(9-10-17)7-8-15(16)19-12-14-5-3-2-4-6-14/h2-8,11H,9-10,12,17H2,1H3/i17+1. The van der Waals surface area contributed by atoms with Crippen molar-refractivity contribution < 1.29 is 9.47 Å². The number of benzene rings is 2. The van der Waals surface area contributed by atoms with Crippen molar-refractivity contribution in [3.05, 3.63) is 59.7 Å². The van der Waals surface area contributed by atoms with Gasteiger partial charge in [-0.1, -0.05) is 36.4 Å². The highest BCUT2D eigenvalue weighted by Gasteiger charge is 2.05. The molecule has 0 aromatic heterocycles. The summed E-state index contributed by atoms with van der Waals surface area (Å²) < 4.78 is 11.1. The van der Waals surface area contributed by atoms with Gasteiger partial charge in [0.1, 0.15) is 6.61 Å². The Balaban J connectivity index is 2.07. The van der Waals surface area contributed by atoms with Gasteiger partial charge in [-0.05, 0) is 36.2 Å². The van der Waals surface area contributed by atoms with Gasteiger partial charge in [-0.3, -0.25) is 0 Å². The average Bonchev–Trinajstić information content (AvgIpc) is 2.47. The zero-order valence-electron chi connectivity index (χ0n) is 11.1. The molecule has 0 aliphatic heterocycles. The van der Waals surface area contributed by atoms with Gasteiger partial charge in [0.25, 0.3) is 0 Å². The Kier molecular flexibility index (Phi) is 4.81. The molecule has 2 N–H and O–H groups in total. The maximum Gasteiger partial charge on any atom is 0.161 e. The van der Waals surface area contributed by atoms with E-state index in [1.54, 1.807) is 7.11 Å². The summed E-state index contributed by atoms with van der Waals surface area (Å²) in [4.78, 5) is 0. The first-order valence-electron chi connectivity index (χ1n) is 6.37. The number of nitrogens with two attached hydrogens (primary N) is 1. The Morgan fingerprint density at radius 1 is 0.947 bits per heavy atom. The van der Waals surface area contributed by atoms with Gasteiger partial charge >= 0.3 is 0 Å². The highest BCUT2D eigenvalue weighted by atomic mass is 16.5. The maximum atomic E-state index is 5.79. The van der Waals surface area contributed by atoms with Gasteiger partial charge in [-0.25, -0.2) is 0 Å². The molecular weight excluding hydrogens is 239 g/mol. The number of rotatable bonds is 6. The summed E-state index contributed by atoms with van der Waals surface area (Å²) in [5.41, 5.74) is 7.85. The van der Waals surface area contributed by atoms with Crippen LogP contribution >= 0.6 is 0 Å². The second-order valence-electron chi connectivity index (χ2n) is 4.30.